The zero-order valence-electron chi connectivity index (χ0n) is 13.3. The highest BCUT2D eigenvalue weighted by atomic mass is 16.4. The zero-order valence-corrected chi connectivity index (χ0v) is 13.3. The van der Waals surface area contributed by atoms with Gasteiger partial charge in [0, 0.05) is 6.92 Å². The number of nitrogens with zero attached hydrogens (tertiary/aromatic N) is 2. The first kappa shape index (κ1) is 19.8. The number of aromatic nitrogens is 2. The number of benzene rings is 1. The minimum atomic E-state index is -0.333. The topological polar surface area (TPSA) is 134 Å². The van der Waals surface area contributed by atoms with Crippen LogP contribution in [0, 0.1) is 0 Å². The van der Waals surface area contributed by atoms with Crippen molar-refractivity contribution in [3.05, 3.63) is 47.7 Å². The molecule has 1 unspecified atom stereocenters. The van der Waals surface area contributed by atoms with Crippen molar-refractivity contribution < 1.29 is 9.21 Å². The van der Waals surface area contributed by atoms with Crippen LogP contribution < -0.4 is 17.2 Å². The lowest BCUT2D eigenvalue weighted by atomic mass is 10.1. The molecular weight excluding hydrogens is 282 g/mol. The average molecular weight is 307 g/mol. The third-order valence-electron chi connectivity index (χ3n) is 2.27. The van der Waals surface area contributed by atoms with E-state index < -0.39 is 0 Å². The molecule has 0 radical (unpaired) electrons. The van der Waals surface area contributed by atoms with E-state index >= 15 is 0 Å². The quantitative estimate of drug-likeness (QED) is 0.779. The van der Waals surface area contributed by atoms with Crippen molar-refractivity contribution in [2.45, 2.75) is 39.8 Å². The molecule has 0 saturated heterocycles. The van der Waals surface area contributed by atoms with E-state index in [4.69, 9.17) is 15.9 Å². The van der Waals surface area contributed by atoms with Crippen LogP contribution in [0.3, 0.4) is 0 Å². The summed E-state index contributed by atoms with van der Waals surface area (Å²) in [5.74, 6) is 0.516. The average Bonchev–Trinajstić information content (AvgIpc) is 2.99. The van der Waals surface area contributed by atoms with Crippen LogP contribution in [0.15, 0.2) is 34.7 Å². The Morgan fingerprint density at radius 2 is 1.77 bits per heavy atom. The van der Waals surface area contributed by atoms with Crippen molar-refractivity contribution in [3.63, 3.8) is 0 Å². The molecule has 0 aliphatic carbocycles. The summed E-state index contributed by atoms with van der Waals surface area (Å²) in [6.07, 6.45) is 0.674. The maximum Gasteiger partial charge on any atom is 0.233 e. The molecule has 0 aliphatic heterocycles. The van der Waals surface area contributed by atoms with E-state index in [0.717, 1.165) is 5.56 Å². The molecular formula is C15H25N5O2. The van der Waals surface area contributed by atoms with Gasteiger partial charge in [-0.2, -0.15) is 0 Å². The third kappa shape index (κ3) is 8.13. The number of hydrogen-bond acceptors (Lipinski definition) is 6. The van der Waals surface area contributed by atoms with Crippen molar-refractivity contribution >= 4 is 5.91 Å². The van der Waals surface area contributed by atoms with E-state index in [-0.39, 0.29) is 18.5 Å². The van der Waals surface area contributed by atoms with Gasteiger partial charge in [-0.25, -0.2) is 0 Å². The van der Waals surface area contributed by atoms with Gasteiger partial charge < -0.3 is 21.6 Å². The molecule has 1 aromatic carbocycles. The summed E-state index contributed by atoms with van der Waals surface area (Å²) in [6, 6.07) is 9.66. The molecule has 0 saturated carbocycles. The minimum Gasteiger partial charge on any atom is -0.422 e. The van der Waals surface area contributed by atoms with Crippen LogP contribution in [0.4, 0.5) is 0 Å². The molecule has 6 N–H and O–H groups in total. The van der Waals surface area contributed by atoms with Gasteiger partial charge in [-0.1, -0.05) is 44.2 Å². The monoisotopic (exact) mass is 307 g/mol. The van der Waals surface area contributed by atoms with E-state index in [1.807, 2.05) is 44.2 Å². The first-order valence-corrected chi connectivity index (χ1v) is 7.10. The van der Waals surface area contributed by atoms with Crippen molar-refractivity contribution in [3.8, 4) is 0 Å². The molecule has 1 amide bonds. The standard InChI is InChI=1S/C11H14N4O.C2H5NO.C2H6/c12-7-10-14-15-11(16-10)9(13)6-8-4-2-1-3-5-8;1-2(3)4;1-2/h1-5,9H,6-7,12-13H2;1H3,(H2,3,4);1-2H3. The summed E-state index contributed by atoms with van der Waals surface area (Å²) >= 11 is 0. The Kier molecular flexibility index (Phi) is 10.2. The lowest BCUT2D eigenvalue weighted by molar-refractivity contribution is -0.115. The lowest BCUT2D eigenvalue weighted by Crippen LogP contribution is -2.13. The molecule has 1 aromatic heterocycles. The molecule has 0 bridgehead atoms. The van der Waals surface area contributed by atoms with Gasteiger partial charge in [0.25, 0.3) is 0 Å². The molecule has 7 heteroatoms. The molecule has 122 valence electrons. The molecule has 7 nitrogen and oxygen atoms in total. The van der Waals surface area contributed by atoms with Gasteiger partial charge >= 0.3 is 0 Å². The van der Waals surface area contributed by atoms with Crippen LogP contribution in [0.25, 0.3) is 0 Å². The number of rotatable bonds is 4. The molecule has 2 rings (SSSR count). The van der Waals surface area contributed by atoms with Crippen LogP contribution in [-0.2, 0) is 17.8 Å². The Morgan fingerprint density at radius 3 is 2.23 bits per heavy atom. The highest BCUT2D eigenvalue weighted by molar-refractivity contribution is 5.70. The SMILES string of the molecule is CC.CC(N)=O.NCc1nnc(C(N)Cc2ccccc2)o1. The lowest BCUT2D eigenvalue weighted by Gasteiger charge is -2.06. The minimum absolute atomic E-state index is 0.241. The molecule has 1 heterocycles. The summed E-state index contributed by atoms with van der Waals surface area (Å²) in [6.45, 7) is 5.55. The van der Waals surface area contributed by atoms with Gasteiger partial charge in [-0.3, -0.25) is 4.79 Å². The van der Waals surface area contributed by atoms with Crippen molar-refractivity contribution in [1.82, 2.24) is 10.2 Å². The van der Waals surface area contributed by atoms with Crippen LogP contribution in [-0.4, -0.2) is 16.1 Å². The number of carbonyl (C=O) groups excluding carboxylic acids is 1. The summed E-state index contributed by atoms with van der Waals surface area (Å²) < 4.78 is 5.29. The number of nitrogens with two attached hydrogens (primary N) is 3. The van der Waals surface area contributed by atoms with Gasteiger partial charge in [0.2, 0.25) is 17.7 Å². The first-order chi connectivity index (χ1) is 10.5. The second kappa shape index (κ2) is 11.4. The van der Waals surface area contributed by atoms with Crippen molar-refractivity contribution in [2.24, 2.45) is 17.2 Å². The van der Waals surface area contributed by atoms with Crippen molar-refractivity contribution in [1.29, 1.82) is 0 Å². The largest absolute Gasteiger partial charge is 0.422 e. The number of amides is 1. The van der Waals surface area contributed by atoms with Gasteiger partial charge in [0.15, 0.2) is 0 Å². The Balaban J connectivity index is 0.000000640. The normalized spacial score (nSPS) is 10.6. The fourth-order valence-electron chi connectivity index (χ4n) is 1.45. The summed E-state index contributed by atoms with van der Waals surface area (Å²) in [5, 5.41) is 7.64. The molecule has 0 aliphatic rings. The molecule has 22 heavy (non-hydrogen) atoms. The maximum atomic E-state index is 9.22. The molecule has 0 fully saturated rings. The predicted octanol–water partition coefficient (Wildman–Crippen LogP) is 1.29. The maximum absolute atomic E-state index is 9.22. The van der Waals surface area contributed by atoms with Gasteiger partial charge in [0.1, 0.15) is 0 Å². The summed E-state index contributed by atoms with van der Waals surface area (Å²) in [7, 11) is 0. The molecule has 0 spiro atoms. The Morgan fingerprint density at radius 1 is 1.23 bits per heavy atom. The van der Waals surface area contributed by atoms with Gasteiger partial charge in [0.05, 0.1) is 12.6 Å². The molecule has 2 aromatic rings. The van der Waals surface area contributed by atoms with Gasteiger partial charge in [-0.05, 0) is 12.0 Å². The van der Waals surface area contributed by atoms with E-state index in [1.165, 1.54) is 6.92 Å². The van der Waals surface area contributed by atoms with Crippen molar-refractivity contribution in [2.75, 3.05) is 0 Å². The highest BCUT2D eigenvalue weighted by Crippen LogP contribution is 2.14. The van der Waals surface area contributed by atoms with E-state index in [1.54, 1.807) is 0 Å². The third-order valence-corrected chi connectivity index (χ3v) is 2.27. The van der Waals surface area contributed by atoms with Crippen LogP contribution in [0.1, 0.15) is 44.2 Å². The van der Waals surface area contributed by atoms with Crippen LogP contribution in [0.5, 0.6) is 0 Å². The second-order valence-corrected chi connectivity index (χ2v) is 4.15. The second-order valence-electron chi connectivity index (χ2n) is 4.15. The van der Waals surface area contributed by atoms with Crippen LogP contribution in [0.2, 0.25) is 0 Å². The summed E-state index contributed by atoms with van der Waals surface area (Å²) in [4.78, 5) is 9.22. The number of hydrogen-bond donors (Lipinski definition) is 3. The summed E-state index contributed by atoms with van der Waals surface area (Å²) in [5.41, 5.74) is 17.0. The highest BCUT2D eigenvalue weighted by Gasteiger charge is 2.14. The zero-order chi connectivity index (χ0) is 17.0. The Bertz CT molecular complexity index is 524. The van der Waals surface area contributed by atoms with E-state index in [2.05, 4.69) is 15.9 Å². The van der Waals surface area contributed by atoms with E-state index in [0.29, 0.717) is 18.2 Å². The Hall–Kier alpha value is -2.25. The predicted molar refractivity (Wildman–Crippen MR) is 85.5 cm³/mol. The Labute approximate surface area is 130 Å². The number of primary amides is 1. The van der Waals surface area contributed by atoms with E-state index in [9.17, 15) is 4.79 Å². The number of carbonyl (C=O) groups is 1. The molecule has 1 atom stereocenters. The first-order valence-electron chi connectivity index (χ1n) is 7.10. The smallest absolute Gasteiger partial charge is 0.233 e. The van der Waals surface area contributed by atoms with Gasteiger partial charge in [-0.15, -0.1) is 10.2 Å². The fraction of sp³-hybridized carbons (Fsp3) is 0.400. The fourth-order valence-corrected chi connectivity index (χ4v) is 1.45. The van der Waals surface area contributed by atoms with Crippen LogP contribution >= 0.6 is 0 Å².